The maximum absolute atomic E-state index is 11.1. The number of amides is 1. The second-order valence-corrected chi connectivity index (χ2v) is 4.02. The third-order valence-electron chi connectivity index (χ3n) is 2.63. The highest BCUT2D eigenvalue weighted by atomic mass is 16.5. The molecule has 0 aliphatic rings. The van der Waals surface area contributed by atoms with E-state index in [1.54, 1.807) is 0 Å². The van der Waals surface area contributed by atoms with Gasteiger partial charge in [-0.15, -0.1) is 0 Å². The fraction of sp³-hybridized carbons (Fsp3) is 0.0714. The first-order valence-electron chi connectivity index (χ1n) is 5.86. The van der Waals surface area contributed by atoms with Crippen LogP contribution in [0.15, 0.2) is 36.5 Å². The van der Waals surface area contributed by atoms with Crippen molar-refractivity contribution in [3.8, 4) is 17.2 Å². The Balaban J connectivity index is 2.26. The van der Waals surface area contributed by atoms with Crippen LogP contribution in [0.2, 0.25) is 0 Å². The predicted octanol–water partition coefficient (Wildman–Crippen LogP) is 1.68. The van der Waals surface area contributed by atoms with Crippen LogP contribution in [0.3, 0.4) is 0 Å². The number of carboxylic acids is 1. The molecule has 0 fully saturated rings. The highest BCUT2D eigenvalue weighted by Crippen LogP contribution is 2.32. The van der Waals surface area contributed by atoms with Gasteiger partial charge >= 0.3 is 5.97 Å². The molecule has 0 unspecified atom stereocenters. The molecule has 0 spiro atoms. The standard InChI is InChI=1S/C14H12N2O5/c1-20-12-6-8(13(15)17)2-5-11(12)21-9-3-4-10(14(18)19)16-7-9/h2-7H,1H3,(H2,15,17)(H,18,19). The largest absolute Gasteiger partial charge is 0.493 e. The third kappa shape index (κ3) is 3.27. The summed E-state index contributed by atoms with van der Waals surface area (Å²) in [7, 11) is 1.43. The third-order valence-corrected chi connectivity index (χ3v) is 2.63. The summed E-state index contributed by atoms with van der Waals surface area (Å²) in [4.78, 5) is 25.5. The minimum absolute atomic E-state index is 0.0848. The molecule has 1 aromatic heterocycles. The maximum atomic E-state index is 11.1. The van der Waals surface area contributed by atoms with Crippen molar-refractivity contribution in [3.63, 3.8) is 0 Å². The summed E-state index contributed by atoms with van der Waals surface area (Å²) < 4.78 is 10.7. The van der Waals surface area contributed by atoms with Gasteiger partial charge in [-0.2, -0.15) is 0 Å². The van der Waals surface area contributed by atoms with Gasteiger partial charge in [0, 0.05) is 5.56 Å². The van der Waals surface area contributed by atoms with Gasteiger partial charge in [0.1, 0.15) is 11.4 Å². The van der Waals surface area contributed by atoms with E-state index in [1.807, 2.05) is 0 Å². The molecule has 21 heavy (non-hydrogen) atoms. The van der Waals surface area contributed by atoms with Gasteiger partial charge in [-0.3, -0.25) is 4.79 Å². The number of methoxy groups -OCH3 is 1. The van der Waals surface area contributed by atoms with Crippen molar-refractivity contribution in [3.05, 3.63) is 47.8 Å². The van der Waals surface area contributed by atoms with Crippen LogP contribution in [-0.2, 0) is 0 Å². The Morgan fingerprint density at radius 3 is 2.48 bits per heavy atom. The minimum atomic E-state index is -1.12. The van der Waals surface area contributed by atoms with E-state index in [2.05, 4.69) is 4.98 Å². The average molecular weight is 288 g/mol. The summed E-state index contributed by atoms with van der Waals surface area (Å²) in [5.74, 6) is -0.677. The van der Waals surface area contributed by atoms with Gasteiger partial charge in [-0.05, 0) is 30.3 Å². The predicted molar refractivity (Wildman–Crippen MR) is 72.8 cm³/mol. The zero-order valence-electron chi connectivity index (χ0n) is 11.1. The van der Waals surface area contributed by atoms with Gasteiger partial charge in [-0.1, -0.05) is 0 Å². The van der Waals surface area contributed by atoms with Crippen LogP contribution in [-0.4, -0.2) is 29.1 Å². The Labute approximate surface area is 119 Å². The van der Waals surface area contributed by atoms with Crippen molar-refractivity contribution >= 4 is 11.9 Å². The number of carbonyl (C=O) groups excluding carboxylic acids is 1. The first kappa shape index (κ1) is 14.3. The van der Waals surface area contributed by atoms with E-state index in [4.69, 9.17) is 20.3 Å². The van der Waals surface area contributed by atoms with E-state index in [0.717, 1.165) is 0 Å². The first-order chi connectivity index (χ1) is 10.0. The van der Waals surface area contributed by atoms with Crippen molar-refractivity contribution < 1.29 is 24.2 Å². The van der Waals surface area contributed by atoms with Crippen LogP contribution >= 0.6 is 0 Å². The molecule has 1 amide bonds. The Bertz CT molecular complexity index is 682. The number of primary amides is 1. The van der Waals surface area contributed by atoms with Crippen LogP contribution in [0, 0.1) is 0 Å². The topological polar surface area (TPSA) is 112 Å². The molecule has 108 valence electrons. The van der Waals surface area contributed by atoms with Crippen molar-refractivity contribution in [1.29, 1.82) is 0 Å². The van der Waals surface area contributed by atoms with E-state index in [0.29, 0.717) is 22.8 Å². The van der Waals surface area contributed by atoms with Crippen LogP contribution in [0.1, 0.15) is 20.8 Å². The number of ether oxygens (including phenoxy) is 2. The quantitative estimate of drug-likeness (QED) is 0.865. The number of carboxylic acid groups (broad SMARTS) is 1. The van der Waals surface area contributed by atoms with Crippen molar-refractivity contribution in [2.45, 2.75) is 0 Å². The molecule has 3 N–H and O–H groups in total. The molecule has 1 aromatic carbocycles. The van der Waals surface area contributed by atoms with Crippen LogP contribution in [0.4, 0.5) is 0 Å². The molecule has 7 heteroatoms. The number of rotatable bonds is 5. The van der Waals surface area contributed by atoms with Crippen LogP contribution in [0.25, 0.3) is 0 Å². The summed E-state index contributed by atoms with van der Waals surface area (Å²) in [6, 6.07) is 7.28. The number of benzene rings is 1. The lowest BCUT2D eigenvalue weighted by molar-refractivity contribution is 0.0690. The number of pyridine rings is 1. The molecule has 0 aliphatic heterocycles. The summed E-state index contributed by atoms with van der Waals surface area (Å²) in [5.41, 5.74) is 5.39. The highest BCUT2D eigenvalue weighted by Gasteiger charge is 2.11. The van der Waals surface area contributed by atoms with Gasteiger partial charge in [0.05, 0.1) is 13.3 Å². The molecule has 2 rings (SSSR count). The Morgan fingerprint density at radius 1 is 1.19 bits per heavy atom. The lowest BCUT2D eigenvalue weighted by atomic mass is 10.2. The smallest absolute Gasteiger partial charge is 0.354 e. The van der Waals surface area contributed by atoms with E-state index in [1.165, 1.54) is 43.6 Å². The molecule has 1 heterocycles. The van der Waals surface area contributed by atoms with Gasteiger partial charge in [0.25, 0.3) is 0 Å². The zero-order chi connectivity index (χ0) is 15.4. The van der Waals surface area contributed by atoms with Gasteiger partial charge in [-0.25, -0.2) is 9.78 Å². The lowest BCUT2D eigenvalue weighted by Crippen LogP contribution is -2.10. The second kappa shape index (κ2) is 5.91. The second-order valence-electron chi connectivity index (χ2n) is 4.02. The number of aromatic carboxylic acids is 1. The molecule has 0 aliphatic carbocycles. The van der Waals surface area contributed by atoms with E-state index in [-0.39, 0.29) is 5.69 Å². The Morgan fingerprint density at radius 2 is 1.95 bits per heavy atom. The molecule has 7 nitrogen and oxygen atoms in total. The number of carbonyl (C=O) groups is 2. The number of hydrogen-bond donors (Lipinski definition) is 2. The maximum Gasteiger partial charge on any atom is 0.354 e. The highest BCUT2D eigenvalue weighted by molar-refractivity contribution is 5.93. The summed E-state index contributed by atoms with van der Waals surface area (Å²) >= 11 is 0. The summed E-state index contributed by atoms with van der Waals surface area (Å²) in [6.45, 7) is 0. The molecular formula is C14H12N2O5. The van der Waals surface area contributed by atoms with Crippen LogP contribution in [0.5, 0.6) is 17.2 Å². The van der Waals surface area contributed by atoms with Gasteiger partial charge < -0.3 is 20.3 Å². The summed E-state index contributed by atoms with van der Waals surface area (Å²) in [6.07, 6.45) is 1.28. The summed E-state index contributed by atoms with van der Waals surface area (Å²) in [5, 5.41) is 8.76. The minimum Gasteiger partial charge on any atom is -0.493 e. The van der Waals surface area contributed by atoms with Crippen molar-refractivity contribution in [1.82, 2.24) is 4.98 Å². The monoisotopic (exact) mass is 288 g/mol. The Kier molecular flexibility index (Phi) is 4.03. The molecule has 0 saturated heterocycles. The van der Waals surface area contributed by atoms with Crippen molar-refractivity contribution in [2.75, 3.05) is 7.11 Å². The Hall–Kier alpha value is -3.09. The van der Waals surface area contributed by atoms with Gasteiger partial charge in [0.15, 0.2) is 11.5 Å². The molecule has 0 bridgehead atoms. The number of hydrogen-bond acceptors (Lipinski definition) is 5. The lowest BCUT2D eigenvalue weighted by Gasteiger charge is -2.11. The van der Waals surface area contributed by atoms with Crippen LogP contribution < -0.4 is 15.2 Å². The van der Waals surface area contributed by atoms with E-state index >= 15 is 0 Å². The average Bonchev–Trinajstić information content (AvgIpc) is 2.48. The van der Waals surface area contributed by atoms with E-state index in [9.17, 15) is 9.59 Å². The van der Waals surface area contributed by atoms with Crippen molar-refractivity contribution in [2.24, 2.45) is 5.73 Å². The number of aromatic nitrogens is 1. The molecular weight excluding hydrogens is 276 g/mol. The van der Waals surface area contributed by atoms with Gasteiger partial charge in [0.2, 0.25) is 5.91 Å². The molecule has 0 atom stereocenters. The molecule has 0 saturated carbocycles. The zero-order valence-corrected chi connectivity index (χ0v) is 11.1. The number of nitrogens with zero attached hydrogens (tertiary/aromatic N) is 1. The number of nitrogens with two attached hydrogens (primary N) is 1. The molecule has 2 aromatic rings. The first-order valence-corrected chi connectivity index (χ1v) is 5.86. The SMILES string of the molecule is COc1cc(C(N)=O)ccc1Oc1ccc(C(=O)O)nc1. The normalized spacial score (nSPS) is 9.95. The molecule has 0 radical (unpaired) electrons. The fourth-order valence-electron chi connectivity index (χ4n) is 1.60. The fourth-order valence-corrected chi connectivity index (χ4v) is 1.60. The van der Waals surface area contributed by atoms with E-state index < -0.39 is 11.9 Å².